The Kier molecular flexibility index (Phi) is 4.66. The predicted octanol–water partition coefficient (Wildman–Crippen LogP) is 2.30. The fraction of sp³-hybridized carbons (Fsp3) is 0.933. The number of nitrogens with one attached hydrogen (secondary N) is 1. The molecule has 18 heavy (non-hydrogen) atoms. The van der Waals surface area contributed by atoms with Gasteiger partial charge in [-0.15, -0.1) is 0 Å². The lowest BCUT2D eigenvalue weighted by molar-refractivity contribution is -0.123. The maximum absolute atomic E-state index is 12.1. The van der Waals surface area contributed by atoms with Gasteiger partial charge in [-0.05, 0) is 55.9 Å². The van der Waals surface area contributed by atoms with Crippen molar-refractivity contribution < 1.29 is 4.79 Å². The molecule has 3 unspecified atom stereocenters. The average Bonchev–Trinajstić information content (AvgIpc) is 2.89. The summed E-state index contributed by atoms with van der Waals surface area (Å²) in [4.78, 5) is 12.1. The first-order chi connectivity index (χ1) is 8.58. The minimum atomic E-state index is 0.226. The van der Waals surface area contributed by atoms with Crippen molar-refractivity contribution in [2.75, 3.05) is 6.54 Å². The lowest BCUT2D eigenvalue weighted by Gasteiger charge is -2.24. The van der Waals surface area contributed by atoms with Gasteiger partial charge in [0.25, 0.3) is 0 Å². The molecule has 0 aromatic heterocycles. The molecule has 0 heterocycles. The Labute approximate surface area is 111 Å². The summed E-state index contributed by atoms with van der Waals surface area (Å²) in [6.45, 7) is 5.01. The summed E-state index contributed by atoms with van der Waals surface area (Å²) < 4.78 is 0. The zero-order chi connectivity index (χ0) is 13.1. The van der Waals surface area contributed by atoms with Crippen molar-refractivity contribution in [3.05, 3.63) is 0 Å². The molecule has 4 atom stereocenters. The average molecular weight is 252 g/mol. The van der Waals surface area contributed by atoms with Crippen LogP contribution >= 0.6 is 0 Å². The summed E-state index contributed by atoms with van der Waals surface area (Å²) in [6, 6.07) is 0.466. The van der Waals surface area contributed by atoms with Gasteiger partial charge in [-0.1, -0.05) is 20.3 Å². The van der Waals surface area contributed by atoms with Crippen molar-refractivity contribution in [1.82, 2.24) is 5.32 Å². The first kappa shape index (κ1) is 13.9. The maximum atomic E-state index is 12.1. The maximum Gasteiger partial charge on any atom is 0.220 e. The zero-order valence-corrected chi connectivity index (χ0v) is 11.8. The lowest BCUT2D eigenvalue weighted by atomic mass is 9.92. The zero-order valence-electron chi connectivity index (χ0n) is 11.8. The Bertz CT molecular complexity index is 290. The predicted molar refractivity (Wildman–Crippen MR) is 74.0 cm³/mol. The summed E-state index contributed by atoms with van der Waals surface area (Å²) >= 11 is 0. The van der Waals surface area contributed by atoms with Crippen molar-refractivity contribution in [3.63, 3.8) is 0 Å². The molecule has 2 aliphatic rings. The van der Waals surface area contributed by atoms with E-state index in [2.05, 4.69) is 19.2 Å². The van der Waals surface area contributed by atoms with Crippen LogP contribution in [0.15, 0.2) is 0 Å². The highest BCUT2D eigenvalue weighted by molar-refractivity contribution is 5.76. The molecule has 104 valence electrons. The summed E-state index contributed by atoms with van der Waals surface area (Å²) in [6.07, 6.45) is 6.94. The quantitative estimate of drug-likeness (QED) is 0.762. The topological polar surface area (TPSA) is 55.1 Å². The van der Waals surface area contributed by atoms with Crippen LogP contribution in [0.1, 0.15) is 52.4 Å². The number of amides is 1. The van der Waals surface area contributed by atoms with Crippen LogP contribution in [0.2, 0.25) is 0 Å². The normalized spacial score (nSPS) is 31.9. The first-order valence-corrected chi connectivity index (χ1v) is 7.58. The van der Waals surface area contributed by atoms with E-state index in [-0.39, 0.29) is 5.91 Å². The second-order valence-electron chi connectivity index (χ2n) is 6.78. The van der Waals surface area contributed by atoms with Crippen LogP contribution in [0.3, 0.4) is 0 Å². The highest BCUT2D eigenvalue weighted by Crippen LogP contribution is 2.44. The van der Waals surface area contributed by atoms with Crippen molar-refractivity contribution in [3.8, 4) is 0 Å². The number of carbonyl (C=O) groups is 1. The van der Waals surface area contributed by atoms with Crippen molar-refractivity contribution in [1.29, 1.82) is 0 Å². The highest BCUT2D eigenvalue weighted by Gasteiger charge is 2.40. The molecule has 2 bridgehead atoms. The van der Waals surface area contributed by atoms with Gasteiger partial charge in [0.2, 0.25) is 5.91 Å². The van der Waals surface area contributed by atoms with Gasteiger partial charge in [0.05, 0.1) is 0 Å². The molecule has 0 spiro atoms. The van der Waals surface area contributed by atoms with Crippen LogP contribution in [0.25, 0.3) is 0 Å². The second-order valence-corrected chi connectivity index (χ2v) is 6.78. The van der Waals surface area contributed by atoms with E-state index >= 15 is 0 Å². The number of hydrogen-bond donors (Lipinski definition) is 2. The Morgan fingerprint density at radius 1 is 1.33 bits per heavy atom. The van der Waals surface area contributed by atoms with E-state index in [9.17, 15) is 4.79 Å². The van der Waals surface area contributed by atoms with Gasteiger partial charge in [0.15, 0.2) is 0 Å². The standard InChI is InChI=1S/C15H28N2O/c1-10(2)5-12(9-16)8-15(18)17-14-7-11-3-4-13(14)6-11/h10-14H,3-9,16H2,1-2H3,(H,17,18)/t11?,12-,13?,14?/m0/s1. The molecule has 2 rings (SSSR count). The SMILES string of the molecule is CC(C)C[C@H](CN)CC(=O)NC1CC2CCC1C2. The monoisotopic (exact) mass is 252 g/mol. The third-order valence-electron chi connectivity index (χ3n) is 4.70. The van der Waals surface area contributed by atoms with Crippen LogP contribution < -0.4 is 11.1 Å². The van der Waals surface area contributed by atoms with E-state index in [0.717, 1.165) is 18.3 Å². The van der Waals surface area contributed by atoms with Crippen LogP contribution in [0.4, 0.5) is 0 Å². The molecule has 0 aromatic rings. The Morgan fingerprint density at radius 2 is 2.11 bits per heavy atom. The largest absolute Gasteiger partial charge is 0.353 e. The minimum Gasteiger partial charge on any atom is -0.353 e. The van der Waals surface area contributed by atoms with E-state index in [0.29, 0.717) is 30.8 Å². The van der Waals surface area contributed by atoms with E-state index in [1.807, 2.05) is 0 Å². The molecule has 0 aliphatic heterocycles. The first-order valence-electron chi connectivity index (χ1n) is 7.58. The highest BCUT2D eigenvalue weighted by atomic mass is 16.1. The van der Waals surface area contributed by atoms with Crippen molar-refractivity contribution in [2.24, 2.45) is 29.4 Å². The summed E-state index contributed by atoms with van der Waals surface area (Å²) in [5.41, 5.74) is 5.76. The Morgan fingerprint density at radius 3 is 2.61 bits per heavy atom. The van der Waals surface area contributed by atoms with Gasteiger partial charge >= 0.3 is 0 Å². The molecular formula is C15H28N2O. The van der Waals surface area contributed by atoms with E-state index in [1.54, 1.807) is 0 Å². The molecule has 2 aliphatic carbocycles. The third-order valence-corrected chi connectivity index (χ3v) is 4.70. The van der Waals surface area contributed by atoms with Gasteiger partial charge < -0.3 is 11.1 Å². The molecule has 2 fully saturated rings. The molecule has 0 radical (unpaired) electrons. The Hall–Kier alpha value is -0.570. The number of fused-ring (bicyclic) bond motifs is 2. The van der Waals surface area contributed by atoms with Crippen LogP contribution in [0.5, 0.6) is 0 Å². The molecule has 0 saturated heterocycles. The van der Waals surface area contributed by atoms with Gasteiger partial charge in [-0.3, -0.25) is 4.79 Å². The van der Waals surface area contributed by atoms with Crippen molar-refractivity contribution >= 4 is 5.91 Å². The number of rotatable bonds is 6. The Balaban J connectivity index is 1.74. The number of carbonyl (C=O) groups excluding carboxylic acids is 1. The number of hydrogen-bond acceptors (Lipinski definition) is 2. The minimum absolute atomic E-state index is 0.226. The van der Waals surface area contributed by atoms with Crippen LogP contribution in [0, 0.1) is 23.7 Å². The fourth-order valence-electron chi connectivity index (χ4n) is 3.88. The molecule has 1 amide bonds. The van der Waals surface area contributed by atoms with Gasteiger partial charge in [-0.25, -0.2) is 0 Å². The van der Waals surface area contributed by atoms with E-state index in [1.165, 1.54) is 25.7 Å². The van der Waals surface area contributed by atoms with Gasteiger partial charge in [-0.2, -0.15) is 0 Å². The van der Waals surface area contributed by atoms with Crippen LogP contribution in [-0.4, -0.2) is 18.5 Å². The lowest BCUT2D eigenvalue weighted by Crippen LogP contribution is -2.39. The van der Waals surface area contributed by atoms with Crippen LogP contribution in [-0.2, 0) is 4.79 Å². The number of nitrogens with two attached hydrogens (primary N) is 1. The molecule has 3 N–H and O–H groups in total. The summed E-state index contributed by atoms with van der Waals surface area (Å²) in [5.74, 6) is 2.85. The molecule has 3 nitrogen and oxygen atoms in total. The molecular weight excluding hydrogens is 224 g/mol. The van der Waals surface area contributed by atoms with E-state index < -0.39 is 0 Å². The smallest absolute Gasteiger partial charge is 0.220 e. The fourth-order valence-corrected chi connectivity index (χ4v) is 3.88. The summed E-state index contributed by atoms with van der Waals surface area (Å²) in [7, 11) is 0. The molecule has 2 saturated carbocycles. The molecule has 0 aromatic carbocycles. The van der Waals surface area contributed by atoms with E-state index in [4.69, 9.17) is 5.73 Å². The summed E-state index contributed by atoms with van der Waals surface area (Å²) in [5, 5.41) is 3.25. The van der Waals surface area contributed by atoms with Gasteiger partial charge in [0, 0.05) is 12.5 Å². The molecule has 3 heteroatoms. The van der Waals surface area contributed by atoms with Crippen molar-refractivity contribution in [2.45, 2.75) is 58.4 Å². The van der Waals surface area contributed by atoms with Gasteiger partial charge in [0.1, 0.15) is 0 Å². The third kappa shape index (κ3) is 3.47. The second kappa shape index (κ2) is 6.05.